The van der Waals surface area contributed by atoms with Gasteiger partial charge < -0.3 is 14.4 Å². The summed E-state index contributed by atoms with van der Waals surface area (Å²) in [6, 6.07) is 12.2. The molecule has 1 aliphatic rings. The molecule has 1 saturated carbocycles. The monoisotopic (exact) mass is 370 g/mol. The summed E-state index contributed by atoms with van der Waals surface area (Å²) in [4.78, 5) is 8.62. The Morgan fingerprint density at radius 3 is 2.75 bits per heavy atom. The minimum absolute atomic E-state index is 0.0683. The maximum atomic E-state index is 9.53. The van der Waals surface area contributed by atoms with E-state index in [4.69, 9.17) is 4.74 Å². The number of hydrogen-bond donors (Lipinski definition) is 1. The molecule has 6 heteroatoms. The molecular weight excluding hydrogens is 352 g/mol. The smallest absolute Gasteiger partial charge is 0.231 e. The Balaban J connectivity index is 1.55. The predicted molar refractivity (Wildman–Crippen MR) is 106 cm³/mol. The van der Waals surface area contributed by atoms with Gasteiger partial charge in [-0.1, -0.05) is 12.1 Å². The Morgan fingerprint density at radius 1 is 1.11 bits per heavy atom. The number of hydrogen-bond acceptors (Lipinski definition) is 5. The van der Waals surface area contributed by atoms with Gasteiger partial charge in [-0.3, -0.25) is 4.98 Å². The molecule has 0 unspecified atom stereocenters. The van der Waals surface area contributed by atoms with Gasteiger partial charge >= 0.3 is 0 Å². The summed E-state index contributed by atoms with van der Waals surface area (Å²) < 4.78 is 7.90. The second-order valence-electron chi connectivity index (χ2n) is 7.24. The number of aliphatic hydroxyl groups excluding tert-OH is 1. The first kappa shape index (κ1) is 16.7. The van der Waals surface area contributed by atoms with Gasteiger partial charge in [0.15, 0.2) is 0 Å². The van der Waals surface area contributed by atoms with Crippen LogP contribution >= 0.6 is 0 Å². The minimum atomic E-state index is -0.308. The van der Waals surface area contributed by atoms with E-state index < -0.39 is 0 Å². The normalized spacial score (nSPS) is 18.8. The first-order valence-electron chi connectivity index (χ1n) is 9.21. The lowest BCUT2D eigenvalue weighted by Crippen LogP contribution is -2.37. The maximum Gasteiger partial charge on any atom is 0.231 e. The lowest BCUT2D eigenvalue weighted by Gasteiger charge is -2.31. The number of ether oxygens (including phenoxy) is 1. The third kappa shape index (κ3) is 2.60. The van der Waals surface area contributed by atoms with Crippen LogP contribution in [0.2, 0.25) is 0 Å². The van der Waals surface area contributed by atoms with Crippen molar-refractivity contribution in [2.24, 2.45) is 7.05 Å². The summed E-state index contributed by atoms with van der Waals surface area (Å²) in [5, 5.41) is 21.2. The van der Waals surface area contributed by atoms with Gasteiger partial charge in [0.1, 0.15) is 17.7 Å². The van der Waals surface area contributed by atoms with Crippen molar-refractivity contribution in [1.82, 2.24) is 14.5 Å². The average molecular weight is 370 g/mol. The number of pyridine rings is 2. The van der Waals surface area contributed by atoms with E-state index in [0.29, 0.717) is 24.3 Å². The van der Waals surface area contributed by atoms with Crippen LogP contribution in [-0.2, 0) is 7.05 Å². The highest BCUT2D eigenvalue weighted by molar-refractivity contribution is 6.08. The summed E-state index contributed by atoms with van der Waals surface area (Å²) in [5.74, 6) is 0.333. The molecule has 1 aromatic carbocycles. The molecule has 3 heterocycles. The van der Waals surface area contributed by atoms with Gasteiger partial charge in [-0.2, -0.15) is 5.26 Å². The zero-order valence-corrected chi connectivity index (χ0v) is 15.3. The Labute approximate surface area is 161 Å². The number of benzene rings is 1. The third-order valence-corrected chi connectivity index (χ3v) is 5.46. The fraction of sp³-hybridized carbons (Fsp3) is 0.227. The summed E-state index contributed by atoms with van der Waals surface area (Å²) in [6.07, 6.45) is 6.21. The lowest BCUT2D eigenvalue weighted by molar-refractivity contribution is -0.0129. The molecule has 6 nitrogen and oxygen atoms in total. The maximum absolute atomic E-state index is 9.53. The fourth-order valence-electron chi connectivity index (χ4n) is 3.81. The van der Waals surface area contributed by atoms with Crippen LogP contribution in [0.3, 0.4) is 0 Å². The number of nitriles is 1. The molecule has 3 aromatic heterocycles. The highest BCUT2D eigenvalue weighted by atomic mass is 16.5. The van der Waals surface area contributed by atoms with E-state index in [-0.39, 0.29) is 12.2 Å². The number of aliphatic hydroxyl groups is 1. The van der Waals surface area contributed by atoms with Crippen molar-refractivity contribution in [2.45, 2.75) is 25.0 Å². The highest BCUT2D eigenvalue weighted by Gasteiger charge is 2.30. The molecule has 0 radical (unpaired) electrons. The second-order valence-corrected chi connectivity index (χ2v) is 7.24. The SMILES string of the molecule is Cn1c2ccncc2c2ccc(-c3cnc(O[C@H]4C[C@@H](O)C4)c(C#N)c3)cc21. The molecule has 0 aliphatic heterocycles. The van der Waals surface area contributed by atoms with Crippen molar-refractivity contribution in [2.75, 3.05) is 0 Å². The standard InChI is InChI=1S/C22H18N4O2/c1-26-20-4-5-24-12-19(20)18-3-2-13(7-21(18)26)15-6-14(10-23)22(25-11-15)28-17-8-16(27)9-17/h2-7,11-12,16-17,27H,8-9H2,1H3/t16-,17+. The molecule has 0 saturated heterocycles. The molecule has 0 atom stereocenters. The van der Waals surface area contributed by atoms with Gasteiger partial charge in [0, 0.05) is 60.3 Å². The van der Waals surface area contributed by atoms with E-state index in [2.05, 4.69) is 32.7 Å². The molecule has 28 heavy (non-hydrogen) atoms. The summed E-state index contributed by atoms with van der Waals surface area (Å²) in [7, 11) is 2.04. The van der Waals surface area contributed by atoms with Crippen molar-refractivity contribution >= 4 is 21.8 Å². The van der Waals surface area contributed by atoms with Crippen molar-refractivity contribution in [1.29, 1.82) is 5.26 Å². The number of fused-ring (bicyclic) bond motifs is 3. The van der Waals surface area contributed by atoms with E-state index in [1.165, 1.54) is 0 Å². The van der Waals surface area contributed by atoms with Crippen molar-refractivity contribution < 1.29 is 9.84 Å². The number of nitrogens with zero attached hydrogens (tertiary/aromatic N) is 4. The van der Waals surface area contributed by atoms with Crippen molar-refractivity contribution in [3.8, 4) is 23.1 Å². The fourth-order valence-corrected chi connectivity index (χ4v) is 3.81. The van der Waals surface area contributed by atoms with Gasteiger partial charge in [0.25, 0.3) is 0 Å². The van der Waals surface area contributed by atoms with Crippen LogP contribution in [0.15, 0.2) is 48.9 Å². The molecule has 1 N–H and O–H groups in total. The van der Waals surface area contributed by atoms with Crippen molar-refractivity contribution in [3.63, 3.8) is 0 Å². The molecule has 0 amide bonds. The number of aryl methyl sites for hydroxylation is 1. The first-order valence-corrected chi connectivity index (χ1v) is 9.21. The van der Waals surface area contributed by atoms with Crippen LogP contribution in [0, 0.1) is 11.3 Å². The summed E-state index contributed by atoms with van der Waals surface area (Å²) >= 11 is 0. The van der Waals surface area contributed by atoms with Gasteiger partial charge in [-0.25, -0.2) is 4.98 Å². The van der Waals surface area contributed by atoms with Gasteiger partial charge in [0.2, 0.25) is 5.88 Å². The molecule has 1 fully saturated rings. The van der Waals surface area contributed by atoms with Crippen molar-refractivity contribution in [3.05, 3.63) is 54.5 Å². The minimum Gasteiger partial charge on any atom is -0.473 e. The topological polar surface area (TPSA) is 84.0 Å². The Kier molecular flexibility index (Phi) is 3.78. The van der Waals surface area contributed by atoms with Crippen LogP contribution in [0.25, 0.3) is 32.9 Å². The third-order valence-electron chi connectivity index (χ3n) is 5.46. The first-order chi connectivity index (χ1) is 13.6. The molecule has 138 valence electrons. The Morgan fingerprint density at radius 2 is 1.96 bits per heavy atom. The summed E-state index contributed by atoms with van der Waals surface area (Å²) in [6.45, 7) is 0. The number of aromatic nitrogens is 3. The van der Waals surface area contributed by atoms with E-state index in [9.17, 15) is 10.4 Å². The van der Waals surface area contributed by atoms with E-state index in [1.807, 2.05) is 31.4 Å². The van der Waals surface area contributed by atoms with Gasteiger partial charge in [0.05, 0.1) is 11.6 Å². The van der Waals surface area contributed by atoms with E-state index >= 15 is 0 Å². The molecular formula is C22H18N4O2. The molecule has 0 spiro atoms. The van der Waals surface area contributed by atoms with Gasteiger partial charge in [-0.05, 0) is 23.8 Å². The zero-order chi connectivity index (χ0) is 19.3. The van der Waals surface area contributed by atoms with E-state index in [1.54, 1.807) is 12.4 Å². The van der Waals surface area contributed by atoms with Crippen LogP contribution < -0.4 is 4.74 Å². The molecule has 4 aromatic rings. The van der Waals surface area contributed by atoms with Crippen LogP contribution in [0.1, 0.15) is 18.4 Å². The lowest BCUT2D eigenvalue weighted by atomic mass is 9.92. The molecule has 5 rings (SSSR count). The Hall–Kier alpha value is -3.43. The average Bonchev–Trinajstić information content (AvgIpc) is 2.99. The van der Waals surface area contributed by atoms with E-state index in [0.717, 1.165) is 32.9 Å². The highest BCUT2D eigenvalue weighted by Crippen LogP contribution is 2.33. The van der Waals surface area contributed by atoms with Gasteiger partial charge in [-0.15, -0.1) is 0 Å². The van der Waals surface area contributed by atoms with Crippen LogP contribution in [-0.4, -0.2) is 31.8 Å². The van der Waals surface area contributed by atoms with Crippen LogP contribution in [0.5, 0.6) is 5.88 Å². The Bertz CT molecular complexity index is 1250. The quantitative estimate of drug-likeness (QED) is 0.596. The zero-order valence-electron chi connectivity index (χ0n) is 15.3. The second kappa shape index (κ2) is 6.32. The largest absolute Gasteiger partial charge is 0.473 e. The van der Waals surface area contributed by atoms with Crippen LogP contribution in [0.4, 0.5) is 0 Å². The molecule has 0 bridgehead atoms. The number of rotatable bonds is 3. The summed E-state index contributed by atoms with van der Waals surface area (Å²) in [5.41, 5.74) is 4.48. The predicted octanol–water partition coefficient (Wildman–Crippen LogP) is 3.56. The molecule has 1 aliphatic carbocycles.